The summed E-state index contributed by atoms with van der Waals surface area (Å²) >= 11 is 0. The molecule has 1 aromatic heterocycles. The summed E-state index contributed by atoms with van der Waals surface area (Å²) in [6, 6.07) is 9.89. The third-order valence-electron chi connectivity index (χ3n) is 10.9. The zero-order chi connectivity index (χ0) is 45.1. The molecular weight excluding hydrogens is 818 g/mol. The number of hydrogen-bond donors (Lipinski definition) is 5. The minimum absolute atomic E-state index is 0.0110. The van der Waals surface area contributed by atoms with Crippen LogP contribution in [0.4, 0.5) is 30.4 Å². The highest BCUT2D eigenvalue weighted by Gasteiger charge is 2.47. The maximum Gasteiger partial charge on any atom is 0.416 e. The van der Waals surface area contributed by atoms with E-state index in [1.165, 1.54) is 19.2 Å². The van der Waals surface area contributed by atoms with Crippen LogP contribution in [0.25, 0.3) is 10.9 Å². The van der Waals surface area contributed by atoms with Crippen molar-refractivity contribution in [2.75, 3.05) is 50.2 Å². The van der Waals surface area contributed by atoms with Gasteiger partial charge in [0.25, 0.3) is 18.3 Å². The number of nitrogens with one attached hydrogen (secondary N) is 3. The number of amides is 5. The molecule has 5 amide bonds. The van der Waals surface area contributed by atoms with Gasteiger partial charge in [0.15, 0.2) is 11.5 Å². The molecular formula is C42H45F3N8O9. The number of carbonyl (C=O) groups is 6. The van der Waals surface area contributed by atoms with Crippen molar-refractivity contribution < 1.29 is 56.5 Å². The van der Waals surface area contributed by atoms with Gasteiger partial charge in [-0.2, -0.15) is 13.2 Å². The van der Waals surface area contributed by atoms with Gasteiger partial charge in [-0.1, -0.05) is 6.07 Å². The molecule has 2 fully saturated rings. The molecule has 1 aliphatic carbocycles. The number of anilines is 3. The Hall–Kier alpha value is -6.99. The number of carbonyl (C=O) groups excluding carboxylic acids is 5. The fraction of sp³-hybridized carbons (Fsp3) is 0.381. The Kier molecular flexibility index (Phi) is 12.9. The first kappa shape index (κ1) is 44.6. The Labute approximate surface area is 353 Å². The molecule has 4 aromatic rings. The number of carboxylic acid groups (broad SMARTS) is 1. The van der Waals surface area contributed by atoms with Gasteiger partial charge in [-0.15, -0.1) is 0 Å². The second kappa shape index (κ2) is 17.9. The Morgan fingerprint density at radius 2 is 1.84 bits per heavy atom. The summed E-state index contributed by atoms with van der Waals surface area (Å²) in [5.41, 5.74) is 6.10. The predicted octanol–water partition coefficient (Wildman–Crippen LogP) is 4.94. The first-order chi connectivity index (χ1) is 29.4. The Morgan fingerprint density at radius 1 is 1.11 bits per heavy atom. The molecule has 1 saturated heterocycles. The molecule has 328 valence electrons. The van der Waals surface area contributed by atoms with E-state index in [2.05, 4.69) is 25.9 Å². The number of hydrogen-bond acceptors (Lipinski definition) is 13. The van der Waals surface area contributed by atoms with Crippen LogP contribution in [0.5, 0.6) is 11.5 Å². The molecule has 3 aromatic carbocycles. The highest BCUT2D eigenvalue weighted by Crippen LogP contribution is 2.47. The van der Waals surface area contributed by atoms with Gasteiger partial charge < -0.3 is 35.8 Å². The van der Waals surface area contributed by atoms with Crippen LogP contribution in [0.3, 0.4) is 0 Å². The zero-order valence-corrected chi connectivity index (χ0v) is 34.2. The molecule has 6 N–H and O–H groups in total. The lowest BCUT2D eigenvalue weighted by Crippen LogP contribution is -2.54. The van der Waals surface area contributed by atoms with Crippen molar-refractivity contribution in [1.82, 2.24) is 25.1 Å². The van der Waals surface area contributed by atoms with E-state index in [-0.39, 0.29) is 67.0 Å². The molecule has 0 radical (unpaired) electrons. The van der Waals surface area contributed by atoms with Crippen LogP contribution in [-0.4, -0.2) is 101 Å². The van der Waals surface area contributed by atoms with E-state index in [1.54, 1.807) is 50.1 Å². The normalized spacial score (nSPS) is 17.0. The van der Waals surface area contributed by atoms with Crippen LogP contribution in [0.2, 0.25) is 0 Å². The van der Waals surface area contributed by atoms with E-state index >= 15 is 0 Å². The number of aryl methyl sites for hydroxylation is 1. The number of alkyl halides is 3. The van der Waals surface area contributed by atoms with Crippen molar-refractivity contribution in [2.45, 2.75) is 64.2 Å². The number of nitrogens with zero attached hydrogens (tertiary/aromatic N) is 4. The molecule has 20 heteroatoms. The summed E-state index contributed by atoms with van der Waals surface area (Å²) in [6.07, 6.45) is -2.82. The molecule has 7 rings (SSSR count). The van der Waals surface area contributed by atoms with Gasteiger partial charge in [-0.3, -0.25) is 39.0 Å². The van der Waals surface area contributed by atoms with E-state index in [4.69, 9.17) is 25.1 Å². The fourth-order valence-electron chi connectivity index (χ4n) is 7.52. The lowest BCUT2D eigenvalue weighted by atomic mass is 10.0. The molecule has 2 aliphatic heterocycles. The van der Waals surface area contributed by atoms with Crippen LogP contribution in [-0.2, 0) is 25.4 Å². The van der Waals surface area contributed by atoms with Crippen molar-refractivity contribution in [3.63, 3.8) is 0 Å². The molecule has 3 aliphatic rings. The smallest absolute Gasteiger partial charge is 0.416 e. The molecule has 62 heavy (non-hydrogen) atoms. The van der Waals surface area contributed by atoms with Crippen LogP contribution in [0.15, 0.2) is 48.5 Å². The molecule has 0 bridgehead atoms. The van der Waals surface area contributed by atoms with E-state index < -0.39 is 47.5 Å². The average molecular weight is 863 g/mol. The topological polar surface area (TPSA) is 235 Å². The number of imide groups is 2. The van der Waals surface area contributed by atoms with Crippen molar-refractivity contribution in [2.24, 2.45) is 5.41 Å². The maximum atomic E-state index is 13.5. The van der Waals surface area contributed by atoms with E-state index in [1.807, 2.05) is 0 Å². The Morgan fingerprint density at radius 3 is 2.50 bits per heavy atom. The number of nitrogen functional groups attached to an aromatic ring is 1. The Bertz CT molecular complexity index is 2440. The lowest BCUT2D eigenvalue weighted by Gasteiger charge is -2.27. The summed E-state index contributed by atoms with van der Waals surface area (Å²) in [5, 5.41) is 16.0. The van der Waals surface area contributed by atoms with Crippen molar-refractivity contribution in [3.05, 3.63) is 76.6 Å². The van der Waals surface area contributed by atoms with Gasteiger partial charge >= 0.3 is 6.18 Å². The SMILES string of the molecule is COc1cc2nc(C)nc(NC(C)c3cc(N)cc(C(F)(F)F)c3)c2cc1OCC1(CN(C)C(=O)CCNc2cccc3c2C(=O)N(C2CCC(=O)NC2=O)C3=O)CC1.O=CO. The van der Waals surface area contributed by atoms with E-state index in [0.717, 1.165) is 29.9 Å². The monoisotopic (exact) mass is 862 g/mol. The molecule has 2 unspecified atom stereocenters. The second-order valence-corrected chi connectivity index (χ2v) is 15.4. The van der Waals surface area contributed by atoms with Crippen LogP contribution in [0, 0.1) is 12.3 Å². The molecule has 2 atom stereocenters. The van der Waals surface area contributed by atoms with Gasteiger partial charge in [0, 0.05) is 61.2 Å². The second-order valence-electron chi connectivity index (χ2n) is 15.4. The average Bonchev–Trinajstić information content (AvgIpc) is 3.93. The van der Waals surface area contributed by atoms with E-state index in [9.17, 15) is 37.1 Å². The molecule has 3 heterocycles. The maximum absolute atomic E-state index is 13.5. The summed E-state index contributed by atoms with van der Waals surface area (Å²) in [4.78, 5) is 84.0. The van der Waals surface area contributed by atoms with Gasteiger partial charge in [0.2, 0.25) is 17.7 Å². The van der Waals surface area contributed by atoms with E-state index in [0.29, 0.717) is 51.8 Å². The number of benzene rings is 3. The third-order valence-corrected chi connectivity index (χ3v) is 10.9. The van der Waals surface area contributed by atoms with Crippen molar-refractivity contribution in [3.8, 4) is 11.5 Å². The number of rotatable bonds is 14. The standard InChI is InChI=1S/C41H43F3N8O7.CH2O2/c1-21(23-14-24(41(42,43)44)16-25(45)15-23)47-36-27-17-32(31(58-4)18-29(27)48-22(2)49-36)59-20-40(11-12-40)19-51(3)34(54)10-13-46-28-7-5-6-26-35(28)39(57)52(38(26)56)30-8-9-33(53)50-37(30)55;2-1-3/h5-7,14-18,21,30,46H,8-13,19-20,45H2,1-4H3,(H,47,48,49)(H,50,53,55);1H,(H,2,3). The predicted molar refractivity (Wildman–Crippen MR) is 218 cm³/mol. The quantitative estimate of drug-likeness (QED) is 0.0642. The van der Waals surface area contributed by atoms with Crippen molar-refractivity contribution >= 4 is 64.1 Å². The third kappa shape index (κ3) is 9.63. The number of nitrogens with two attached hydrogens (primary N) is 1. The summed E-state index contributed by atoms with van der Waals surface area (Å²) in [7, 11) is 3.21. The highest BCUT2D eigenvalue weighted by atomic mass is 19.4. The van der Waals surface area contributed by atoms with Gasteiger partial charge in [-0.05, 0) is 75.1 Å². The highest BCUT2D eigenvalue weighted by molar-refractivity contribution is 6.25. The number of methoxy groups -OCH3 is 1. The first-order valence-corrected chi connectivity index (χ1v) is 19.5. The fourth-order valence-corrected chi connectivity index (χ4v) is 7.52. The summed E-state index contributed by atoms with van der Waals surface area (Å²) < 4.78 is 52.6. The minimum Gasteiger partial charge on any atom is -0.493 e. The van der Waals surface area contributed by atoms with Gasteiger partial charge in [0.1, 0.15) is 17.7 Å². The number of fused-ring (bicyclic) bond motifs is 2. The summed E-state index contributed by atoms with van der Waals surface area (Å²) in [5.74, 6) is -0.953. The summed E-state index contributed by atoms with van der Waals surface area (Å²) in [6.45, 7) is 3.99. The molecule has 17 nitrogen and oxygen atoms in total. The number of halogens is 3. The van der Waals surface area contributed by atoms with Crippen LogP contribution >= 0.6 is 0 Å². The number of aromatic nitrogens is 2. The minimum atomic E-state index is -4.56. The molecule has 0 spiro atoms. The number of ether oxygens (including phenoxy) is 2. The largest absolute Gasteiger partial charge is 0.493 e. The lowest BCUT2D eigenvalue weighted by molar-refractivity contribution is -0.138. The van der Waals surface area contributed by atoms with Gasteiger partial charge in [-0.25, -0.2) is 9.97 Å². The zero-order valence-electron chi connectivity index (χ0n) is 34.2. The van der Waals surface area contributed by atoms with Crippen molar-refractivity contribution in [1.29, 1.82) is 0 Å². The first-order valence-electron chi connectivity index (χ1n) is 19.5. The van der Waals surface area contributed by atoms with Crippen LogP contribution in [0.1, 0.15) is 82.7 Å². The van der Waals surface area contributed by atoms with Gasteiger partial charge in [0.05, 0.1) is 42.0 Å². The van der Waals surface area contributed by atoms with Crippen LogP contribution < -0.4 is 31.2 Å². The molecule has 1 saturated carbocycles. The number of piperidine rings is 1. The Balaban J connectivity index is 0.00000208.